The zero-order chi connectivity index (χ0) is 34.7. The van der Waals surface area contributed by atoms with Gasteiger partial charge in [0.2, 0.25) is 0 Å². The molecule has 1 amide bonds. The van der Waals surface area contributed by atoms with Gasteiger partial charge in [0.15, 0.2) is 5.82 Å². The van der Waals surface area contributed by atoms with Crippen LogP contribution in [-0.4, -0.2) is 54.6 Å². The average Bonchev–Trinajstić information content (AvgIpc) is 3.47. The number of aliphatic imine (C=N–C) groups is 1. The number of carbonyl (C=O) groups excluding carboxylic acids is 1. The zero-order valence-corrected chi connectivity index (χ0v) is 29.0. The van der Waals surface area contributed by atoms with Crippen LogP contribution in [0.25, 0.3) is 38.9 Å². The Kier molecular flexibility index (Phi) is 10.3. The summed E-state index contributed by atoms with van der Waals surface area (Å²) in [6.07, 6.45) is 0. The Bertz CT molecular complexity index is 2310. The van der Waals surface area contributed by atoms with Crippen LogP contribution in [0, 0.1) is 6.92 Å². The van der Waals surface area contributed by atoms with Crippen molar-refractivity contribution in [1.29, 1.82) is 0 Å². The summed E-state index contributed by atoms with van der Waals surface area (Å²) in [6, 6.07) is 23.6. The summed E-state index contributed by atoms with van der Waals surface area (Å²) in [5.41, 5.74) is 3.55. The molecule has 3 aromatic heterocycles. The minimum atomic E-state index is -0.335. The molecule has 12 heteroatoms. The van der Waals surface area contributed by atoms with Gasteiger partial charge in [0.05, 0.1) is 26.8 Å². The number of amidine groups is 1. The van der Waals surface area contributed by atoms with Gasteiger partial charge in [-0.05, 0) is 76.2 Å². The van der Waals surface area contributed by atoms with Gasteiger partial charge < -0.3 is 14.0 Å². The van der Waals surface area contributed by atoms with Gasteiger partial charge in [0, 0.05) is 61.2 Å². The Balaban J connectivity index is 0.000000191. The van der Waals surface area contributed by atoms with E-state index in [0.29, 0.717) is 51.3 Å². The molecule has 3 aromatic carbocycles. The van der Waals surface area contributed by atoms with Crippen molar-refractivity contribution >= 4 is 56.8 Å². The molecule has 0 fully saturated rings. The summed E-state index contributed by atoms with van der Waals surface area (Å²) < 4.78 is 5.14. The van der Waals surface area contributed by atoms with Crippen LogP contribution in [0.15, 0.2) is 93.4 Å². The lowest BCUT2D eigenvalue weighted by Gasteiger charge is -2.11. The molecule has 0 atom stereocenters. The largest absolute Gasteiger partial charge is 0.366 e. The Hall–Kier alpha value is -5.06. The molecule has 6 rings (SSSR count). The molecule has 0 saturated heterocycles. The van der Waals surface area contributed by atoms with Crippen molar-refractivity contribution in [1.82, 2.24) is 28.8 Å². The number of carbonyl (C=O) groups is 1. The minimum absolute atomic E-state index is 0.0963. The van der Waals surface area contributed by atoms with Crippen LogP contribution < -0.4 is 11.1 Å². The van der Waals surface area contributed by atoms with E-state index in [1.54, 1.807) is 39.2 Å². The molecule has 0 bridgehead atoms. The number of halogens is 2. The lowest BCUT2D eigenvalue weighted by molar-refractivity contribution is 0.100. The van der Waals surface area contributed by atoms with Gasteiger partial charge in [0.1, 0.15) is 11.7 Å². The third-order valence-electron chi connectivity index (χ3n) is 7.88. The number of hydrogen-bond donors (Lipinski definition) is 0. The number of aromatic nitrogens is 5. The summed E-state index contributed by atoms with van der Waals surface area (Å²) in [5, 5.41) is 6.81. The van der Waals surface area contributed by atoms with Gasteiger partial charge in [0.25, 0.3) is 17.0 Å². The molecular weight excluding hydrogens is 649 g/mol. The van der Waals surface area contributed by atoms with Crippen molar-refractivity contribution in [2.24, 2.45) is 4.99 Å². The first kappa shape index (κ1) is 34.3. The maximum atomic E-state index is 12.2. The fourth-order valence-electron chi connectivity index (χ4n) is 5.28. The van der Waals surface area contributed by atoms with Gasteiger partial charge in [-0.25, -0.2) is 9.67 Å². The molecule has 0 spiro atoms. The summed E-state index contributed by atoms with van der Waals surface area (Å²) in [5.74, 6) is 1.71. The highest BCUT2D eigenvalue weighted by molar-refractivity contribution is 6.35. The van der Waals surface area contributed by atoms with Gasteiger partial charge in [-0.15, -0.1) is 0 Å². The Labute approximate surface area is 287 Å². The molecule has 0 aliphatic carbocycles. The molecule has 0 aliphatic rings. The van der Waals surface area contributed by atoms with Crippen LogP contribution in [0.5, 0.6) is 0 Å². The summed E-state index contributed by atoms with van der Waals surface area (Å²) in [7, 11) is 3.65. The first-order chi connectivity index (χ1) is 22.9. The summed E-state index contributed by atoms with van der Waals surface area (Å²) in [6.45, 7) is 8.59. The van der Waals surface area contributed by atoms with Crippen molar-refractivity contribution in [2.45, 2.75) is 40.8 Å². The quantitative estimate of drug-likeness (QED) is 0.143. The molecule has 48 heavy (non-hydrogen) atoms. The molecule has 0 aliphatic heterocycles. The predicted octanol–water partition coefficient (Wildman–Crippen LogP) is 7.03. The second kappa shape index (κ2) is 14.4. The van der Waals surface area contributed by atoms with E-state index in [2.05, 4.69) is 15.1 Å². The molecule has 3 heterocycles. The van der Waals surface area contributed by atoms with Crippen LogP contribution >= 0.6 is 23.2 Å². The number of benzene rings is 3. The number of hydrogen-bond acceptors (Lipinski definition) is 5. The molecule has 0 saturated carbocycles. The van der Waals surface area contributed by atoms with Crippen LogP contribution in [0.1, 0.15) is 37.0 Å². The highest BCUT2D eigenvalue weighted by atomic mass is 35.5. The normalized spacial score (nSPS) is 11.5. The van der Waals surface area contributed by atoms with Gasteiger partial charge >= 0.3 is 0 Å². The Morgan fingerprint density at radius 3 is 1.94 bits per heavy atom. The summed E-state index contributed by atoms with van der Waals surface area (Å²) >= 11 is 12.5. The van der Waals surface area contributed by atoms with Gasteiger partial charge in [-0.2, -0.15) is 10.1 Å². The van der Waals surface area contributed by atoms with Crippen molar-refractivity contribution in [3.63, 3.8) is 0 Å². The van der Waals surface area contributed by atoms with E-state index < -0.39 is 0 Å². The number of nitrogens with zero attached hydrogens (tertiary/aromatic N) is 7. The monoisotopic (exact) mass is 683 g/mol. The predicted molar refractivity (Wildman–Crippen MR) is 194 cm³/mol. The van der Waals surface area contributed by atoms with Gasteiger partial charge in [-0.1, -0.05) is 41.4 Å². The maximum absolute atomic E-state index is 12.2. The third-order valence-corrected chi connectivity index (χ3v) is 8.51. The number of para-hydroxylation sites is 1. The number of pyridine rings is 2. The number of amides is 1. The van der Waals surface area contributed by atoms with E-state index in [0.717, 1.165) is 28.0 Å². The fourth-order valence-corrected chi connectivity index (χ4v) is 5.77. The number of fused-ring (bicyclic) bond motifs is 2. The SMILES string of the molecule is CCn1c(=O)cc(Cl)c2cc(-c3nc(C)nn3-c3ccccc3)ccc21.CCn1c(=O)cc(Cl)c2cc(C(=O)N=C(C)N(C)C)ccc21. The van der Waals surface area contributed by atoms with Crippen LogP contribution in [0.4, 0.5) is 0 Å². The van der Waals surface area contributed by atoms with E-state index >= 15 is 0 Å². The zero-order valence-electron chi connectivity index (χ0n) is 27.5. The Morgan fingerprint density at radius 1 is 0.812 bits per heavy atom. The van der Waals surface area contributed by atoms with Crippen molar-refractivity contribution < 1.29 is 4.79 Å². The Morgan fingerprint density at radius 2 is 1.38 bits per heavy atom. The second-order valence-electron chi connectivity index (χ2n) is 11.2. The van der Waals surface area contributed by atoms with E-state index in [9.17, 15) is 14.4 Å². The topological polar surface area (TPSA) is 107 Å². The van der Waals surface area contributed by atoms with Crippen molar-refractivity contribution in [3.8, 4) is 17.1 Å². The molecule has 0 radical (unpaired) electrons. The molecular formula is C36H35Cl2N7O3. The first-order valence-corrected chi connectivity index (χ1v) is 16.1. The van der Waals surface area contributed by atoms with Crippen LogP contribution in [-0.2, 0) is 13.1 Å². The van der Waals surface area contributed by atoms with Crippen molar-refractivity contribution in [3.05, 3.63) is 121 Å². The highest BCUT2D eigenvalue weighted by Crippen LogP contribution is 2.29. The van der Waals surface area contributed by atoms with Crippen molar-refractivity contribution in [2.75, 3.05) is 14.1 Å². The standard InChI is InChI=1S/C20H17ClN4O.C16H18ClN3O2/c1-3-24-18-10-9-14(11-16(18)17(21)12-19(24)26)20-22-13(2)23-25(20)15-7-5-4-6-8-15;1-5-20-14-7-6-11(16(22)18-10(2)19(3)4)8-12(14)13(17)9-15(20)21/h4-12H,3H2,1-2H3;6-9H,5H2,1-4H3. The van der Waals surface area contributed by atoms with Crippen LogP contribution in [0.2, 0.25) is 10.0 Å². The maximum Gasteiger partial charge on any atom is 0.278 e. The third kappa shape index (κ3) is 6.95. The number of aryl methyl sites for hydroxylation is 3. The fraction of sp³-hybridized carbons (Fsp3) is 0.222. The summed E-state index contributed by atoms with van der Waals surface area (Å²) in [4.78, 5) is 46.6. The molecule has 0 N–H and O–H groups in total. The highest BCUT2D eigenvalue weighted by Gasteiger charge is 2.15. The van der Waals surface area contributed by atoms with E-state index in [-0.39, 0.29) is 17.0 Å². The first-order valence-electron chi connectivity index (χ1n) is 15.4. The lowest BCUT2D eigenvalue weighted by Crippen LogP contribution is -2.20. The lowest BCUT2D eigenvalue weighted by atomic mass is 10.1. The number of rotatable bonds is 5. The molecule has 6 aromatic rings. The smallest absolute Gasteiger partial charge is 0.278 e. The minimum Gasteiger partial charge on any atom is -0.366 e. The molecule has 246 valence electrons. The van der Waals surface area contributed by atoms with Crippen LogP contribution in [0.3, 0.4) is 0 Å². The van der Waals surface area contributed by atoms with Gasteiger partial charge in [-0.3, -0.25) is 14.4 Å². The van der Waals surface area contributed by atoms with E-state index in [1.165, 1.54) is 12.1 Å². The molecule has 10 nitrogen and oxygen atoms in total. The van der Waals surface area contributed by atoms with E-state index in [1.807, 2.05) is 88.1 Å². The molecule has 0 unspecified atom stereocenters. The average molecular weight is 685 g/mol. The van der Waals surface area contributed by atoms with E-state index in [4.69, 9.17) is 23.2 Å². The second-order valence-corrected chi connectivity index (χ2v) is 12.0.